The molecule has 0 aromatic heterocycles. The fourth-order valence-corrected chi connectivity index (χ4v) is 4.80. The number of urea groups is 1. The van der Waals surface area contributed by atoms with E-state index in [1.807, 2.05) is 6.07 Å². The van der Waals surface area contributed by atoms with Crippen LogP contribution in [-0.4, -0.2) is 57.4 Å². The number of methoxy groups -OCH3 is 2. The minimum atomic E-state index is -0.112. The molecule has 1 saturated carbocycles. The van der Waals surface area contributed by atoms with E-state index in [-0.39, 0.29) is 17.5 Å². The number of likely N-dealkylation sites (N-methyl/N-ethyl adjacent to an activating group) is 1. The Morgan fingerprint density at radius 2 is 2.11 bits per heavy atom. The Balaban J connectivity index is 1.80. The number of likely N-dealkylation sites (tertiary alicyclic amines) is 1. The monoisotopic (exact) mass is 373 g/mol. The van der Waals surface area contributed by atoms with Crippen LogP contribution in [0.15, 0.2) is 30.9 Å². The lowest BCUT2D eigenvalue weighted by Crippen LogP contribution is -2.53. The number of fused-ring (bicyclic) bond motifs is 1. The number of ether oxygens (including phenoxy) is 2. The summed E-state index contributed by atoms with van der Waals surface area (Å²) in [6.07, 6.45) is 5.78. The van der Waals surface area contributed by atoms with Gasteiger partial charge in [-0.15, -0.1) is 6.58 Å². The van der Waals surface area contributed by atoms with E-state index in [4.69, 9.17) is 9.47 Å². The Labute approximate surface area is 161 Å². The summed E-state index contributed by atoms with van der Waals surface area (Å²) >= 11 is 0. The van der Waals surface area contributed by atoms with Crippen LogP contribution in [0.3, 0.4) is 0 Å². The second-order valence-electron chi connectivity index (χ2n) is 7.59. The summed E-state index contributed by atoms with van der Waals surface area (Å²) in [4.78, 5) is 14.5. The van der Waals surface area contributed by atoms with Gasteiger partial charge in [0.2, 0.25) is 0 Å². The molecule has 2 amide bonds. The molecule has 6 nitrogen and oxygen atoms in total. The van der Waals surface area contributed by atoms with Gasteiger partial charge in [0.05, 0.1) is 14.2 Å². The number of amides is 2. The number of hydrogen-bond acceptors (Lipinski definition) is 4. The zero-order chi connectivity index (χ0) is 19.4. The number of rotatable bonds is 6. The van der Waals surface area contributed by atoms with Crippen LogP contribution in [0, 0.1) is 0 Å². The first kappa shape index (κ1) is 19.5. The van der Waals surface area contributed by atoms with Crippen molar-refractivity contribution in [3.05, 3.63) is 36.4 Å². The largest absolute Gasteiger partial charge is 0.493 e. The summed E-state index contributed by atoms with van der Waals surface area (Å²) in [5, 5.41) is 5.93. The third-order valence-corrected chi connectivity index (χ3v) is 6.23. The van der Waals surface area contributed by atoms with Crippen LogP contribution >= 0.6 is 0 Å². The maximum absolute atomic E-state index is 12.0. The molecule has 2 aliphatic rings. The van der Waals surface area contributed by atoms with Gasteiger partial charge in [-0.25, -0.2) is 4.79 Å². The highest BCUT2D eigenvalue weighted by Crippen LogP contribution is 2.49. The maximum atomic E-state index is 12.0. The number of nitrogens with zero attached hydrogens (tertiary/aromatic N) is 1. The molecule has 1 saturated heterocycles. The fourth-order valence-electron chi connectivity index (χ4n) is 4.80. The molecule has 2 N–H and O–H groups in total. The van der Waals surface area contributed by atoms with Gasteiger partial charge in [-0.2, -0.15) is 0 Å². The molecule has 27 heavy (non-hydrogen) atoms. The number of carbonyl (C=O) groups excluding carboxylic acids is 1. The van der Waals surface area contributed by atoms with Crippen molar-refractivity contribution in [1.82, 2.24) is 15.5 Å². The standard InChI is InChI=1S/C21H31N3O3/c1-5-11-22-20(25)23-16-8-9-21(10-12-24(2)19(21)14-16)15-6-7-17(26-3)18(13-15)27-4/h5-7,13,16,19H,1,8-12,14H2,2-4H3,(H2,22,23,25). The van der Waals surface area contributed by atoms with Crippen molar-refractivity contribution >= 4 is 6.03 Å². The molecule has 1 aromatic carbocycles. The molecule has 0 radical (unpaired) electrons. The van der Waals surface area contributed by atoms with Gasteiger partial charge in [-0.05, 0) is 57.0 Å². The van der Waals surface area contributed by atoms with Crippen LogP contribution in [0.1, 0.15) is 31.2 Å². The molecule has 1 aromatic rings. The highest BCUT2D eigenvalue weighted by atomic mass is 16.5. The van der Waals surface area contributed by atoms with Crippen molar-refractivity contribution in [2.45, 2.75) is 43.2 Å². The molecule has 3 rings (SSSR count). The SMILES string of the molecule is C=CCNC(=O)NC1CCC2(c3ccc(OC)c(OC)c3)CCN(C)C2C1. The van der Waals surface area contributed by atoms with E-state index < -0.39 is 0 Å². The first-order valence-corrected chi connectivity index (χ1v) is 9.62. The lowest BCUT2D eigenvalue weighted by molar-refractivity contribution is 0.154. The summed E-state index contributed by atoms with van der Waals surface area (Å²) in [6.45, 7) is 5.18. The van der Waals surface area contributed by atoms with E-state index in [2.05, 4.69) is 41.3 Å². The summed E-state index contributed by atoms with van der Waals surface area (Å²) in [6, 6.07) is 6.79. The molecule has 1 aliphatic carbocycles. The predicted octanol–water partition coefficient (Wildman–Crippen LogP) is 2.68. The van der Waals surface area contributed by atoms with E-state index in [0.29, 0.717) is 12.6 Å². The lowest BCUT2D eigenvalue weighted by atomic mass is 9.65. The molecule has 3 unspecified atom stereocenters. The van der Waals surface area contributed by atoms with Gasteiger partial charge >= 0.3 is 6.03 Å². The van der Waals surface area contributed by atoms with Crippen molar-refractivity contribution in [2.75, 3.05) is 34.4 Å². The molecular formula is C21H31N3O3. The Morgan fingerprint density at radius 3 is 2.81 bits per heavy atom. The van der Waals surface area contributed by atoms with Crippen molar-refractivity contribution in [2.24, 2.45) is 0 Å². The molecule has 3 atom stereocenters. The van der Waals surface area contributed by atoms with Gasteiger partial charge in [-0.3, -0.25) is 0 Å². The molecule has 2 fully saturated rings. The third-order valence-electron chi connectivity index (χ3n) is 6.23. The smallest absolute Gasteiger partial charge is 0.315 e. The Morgan fingerprint density at radius 1 is 1.33 bits per heavy atom. The van der Waals surface area contributed by atoms with Crippen molar-refractivity contribution < 1.29 is 14.3 Å². The first-order chi connectivity index (χ1) is 13.0. The van der Waals surface area contributed by atoms with Gasteiger partial charge in [0, 0.05) is 24.0 Å². The van der Waals surface area contributed by atoms with Crippen LogP contribution in [0.5, 0.6) is 11.5 Å². The zero-order valence-electron chi connectivity index (χ0n) is 16.6. The van der Waals surface area contributed by atoms with E-state index >= 15 is 0 Å². The third kappa shape index (κ3) is 3.76. The van der Waals surface area contributed by atoms with Crippen LogP contribution < -0.4 is 20.1 Å². The Bertz CT molecular complexity index is 693. The van der Waals surface area contributed by atoms with E-state index in [1.54, 1.807) is 20.3 Å². The highest BCUT2D eigenvalue weighted by Gasteiger charge is 2.50. The van der Waals surface area contributed by atoms with Crippen LogP contribution in [0.25, 0.3) is 0 Å². The normalized spacial score (nSPS) is 27.5. The zero-order valence-corrected chi connectivity index (χ0v) is 16.6. The van der Waals surface area contributed by atoms with Gasteiger partial charge in [0.1, 0.15) is 0 Å². The van der Waals surface area contributed by atoms with Gasteiger partial charge in [-0.1, -0.05) is 12.1 Å². The number of nitrogens with one attached hydrogen (secondary N) is 2. The number of carbonyl (C=O) groups is 1. The summed E-state index contributed by atoms with van der Waals surface area (Å²) in [5.74, 6) is 1.54. The summed E-state index contributed by atoms with van der Waals surface area (Å²) < 4.78 is 10.9. The molecule has 0 spiro atoms. The topological polar surface area (TPSA) is 62.8 Å². The maximum Gasteiger partial charge on any atom is 0.315 e. The number of benzene rings is 1. The van der Waals surface area contributed by atoms with Crippen LogP contribution in [0.2, 0.25) is 0 Å². The average molecular weight is 373 g/mol. The predicted molar refractivity (Wildman–Crippen MR) is 107 cm³/mol. The molecular weight excluding hydrogens is 342 g/mol. The van der Waals surface area contributed by atoms with Crippen molar-refractivity contribution in [1.29, 1.82) is 0 Å². The van der Waals surface area contributed by atoms with Crippen LogP contribution in [0.4, 0.5) is 4.79 Å². The minimum Gasteiger partial charge on any atom is -0.493 e. The second kappa shape index (κ2) is 8.21. The van der Waals surface area contributed by atoms with Gasteiger partial charge in [0.25, 0.3) is 0 Å². The summed E-state index contributed by atoms with van der Waals surface area (Å²) in [7, 11) is 5.53. The fraction of sp³-hybridized carbons (Fsp3) is 0.571. The highest BCUT2D eigenvalue weighted by molar-refractivity contribution is 5.74. The molecule has 1 heterocycles. The quantitative estimate of drug-likeness (QED) is 0.753. The first-order valence-electron chi connectivity index (χ1n) is 9.62. The van der Waals surface area contributed by atoms with E-state index in [1.165, 1.54) is 5.56 Å². The minimum absolute atomic E-state index is 0.101. The average Bonchev–Trinajstić information content (AvgIpc) is 3.03. The van der Waals surface area contributed by atoms with Gasteiger partial charge in [0.15, 0.2) is 11.5 Å². The van der Waals surface area contributed by atoms with Gasteiger partial charge < -0.3 is 25.0 Å². The van der Waals surface area contributed by atoms with Crippen molar-refractivity contribution in [3.8, 4) is 11.5 Å². The molecule has 148 valence electrons. The molecule has 0 bridgehead atoms. The van der Waals surface area contributed by atoms with Crippen LogP contribution in [-0.2, 0) is 5.41 Å². The van der Waals surface area contributed by atoms with E-state index in [0.717, 1.165) is 43.7 Å². The second-order valence-corrected chi connectivity index (χ2v) is 7.59. The molecule has 6 heteroatoms. The summed E-state index contributed by atoms with van der Waals surface area (Å²) in [5.41, 5.74) is 1.41. The molecule has 1 aliphatic heterocycles. The number of hydrogen-bond donors (Lipinski definition) is 2. The Kier molecular flexibility index (Phi) is 5.95. The van der Waals surface area contributed by atoms with E-state index in [9.17, 15) is 4.79 Å². The Hall–Kier alpha value is -2.21. The van der Waals surface area contributed by atoms with Crippen molar-refractivity contribution in [3.63, 3.8) is 0 Å². The lowest BCUT2D eigenvalue weighted by Gasteiger charge is -2.45.